The third-order valence-corrected chi connectivity index (χ3v) is 4.29. The number of aliphatic hydroxyl groups excluding tert-OH is 1. The van der Waals surface area contributed by atoms with Gasteiger partial charge in [-0.1, -0.05) is 30.3 Å². The van der Waals surface area contributed by atoms with Crippen molar-refractivity contribution in [1.82, 2.24) is 10.2 Å². The lowest BCUT2D eigenvalue weighted by molar-refractivity contribution is -0.137. The van der Waals surface area contributed by atoms with E-state index in [1.165, 1.54) is 0 Å². The van der Waals surface area contributed by atoms with Gasteiger partial charge >= 0.3 is 0 Å². The number of likely N-dealkylation sites (tertiary alicyclic amines) is 1. The Morgan fingerprint density at radius 2 is 2.04 bits per heavy atom. The summed E-state index contributed by atoms with van der Waals surface area (Å²) in [5, 5.41) is 12.6. The highest BCUT2D eigenvalue weighted by atomic mass is 16.3. The van der Waals surface area contributed by atoms with Crippen molar-refractivity contribution in [2.24, 2.45) is 0 Å². The van der Waals surface area contributed by atoms with Gasteiger partial charge in [-0.2, -0.15) is 0 Å². The van der Waals surface area contributed by atoms with Gasteiger partial charge in [-0.05, 0) is 31.7 Å². The third-order valence-electron chi connectivity index (χ3n) is 4.29. The van der Waals surface area contributed by atoms with E-state index in [0.29, 0.717) is 19.5 Å². The Bertz CT molecular complexity index is 516. The second-order valence-electron chi connectivity index (χ2n) is 6.15. The van der Waals surface area contributed by atoms with E-state index in [9.17, 15) is 14.7 Å². The van der Waals surface area contributed by atoms with Crippen LogP contribution in [0.25, 0.3) is 0 Å². The largest absolute Gasteiger partial charge is 0.391 e. The van der Waals surface area contributed by atoms with Gasteiger partial charge in [0, 0.05) is 19.5 Å². The predicted molar refractivity (Wildman–Crippen MR) is 88.8 cm³/mol. The molecule has 5 nitrogen and oxygen atoms in total. The molecular weight excluding hydrogens is 292 g/mol. The molecule has 1 saturated heterocycles. The molecule has 0 spiro atoms. The molecule has 1 aliphatic heterocycles. The van der Waals surface area contributed by atoms with E-state index in [-0.39, 0.29) is 24.3 Å². The Morgan fingerprint density at radius 1 is 1.30 bits per heavy atom. The molecular formula is C18H26N2O3. The average Bonchev–Trinajstić information content (AvgIpc) is 2.55. The molecule has 2 N–H and O–H groups in total. The maximum atomic E-state index is 12.3. The fourth-order valence-corrected chi connectivity index (χ4v) is 3.06. The molecule has 5 heteroatoms. The van der Waals surface area contributed by atoms with Crippen LogP contribution in [0.5, 0.6) is 0 Å². The summed E-state index contributed by atoms with van der Waals surface area (Å²) in [6.45, 7) is 2.78. The minimum Gasteiger partial charge on any atom is -0.391 e. The molecule has 0 radical (unpaired) electrons. The summed E-state index contributed by atoms with van der Waals surface area (Å²) < 4.78 is 0. The van der Waals surface area contributed by atoms with Gasteiger partial charge in [-0.15, -0.1) is 0 Å². The molecule has 2 rings (SSSR count). The number of benzene rings is 1. The van der Waals surface area contributed by atoms with Crippen molar-refractivity contribution >= 4 is 11.8 Å². The minimum atomic E-state index is -0.507. The second kappa shape index (κ2) is 8.67. The summed E-state index contributed by atoms with van der Waals surface area (Å²) >= 11 is 0. The first-order valence-corrected chi connectivity index (χ1v) is 8.36. The van der Waals surface area contributed by atoms with E-state index in [1.807, 2.05) is 30.3 Å². The van der Waals surface area contributed by atoms with Crippen LogP contribution in [0, 0.1) is 0 Å². The zero-order valence-corrected chi connectivity index (χ0v) is 13.7. The minimum absolute atomic E-state index is 0.00983. The van der Waals surface area contributed by atoms with E-state index in [1.54, 1.807) is 11.8 Å². The first-order valence-electron chi connectivity index (χ1n) is 8.36. The van der Waals surface area contributed by atoms with Crippen LogP contribution in [-0.2, 0) is 16.0 Å². The van der Waals surface area contributed by atoms with E-state index < -0.39 is 6.10 Å². The van der Waals surface area contributed by atoms with Crippen molar-refractivity contribution in [3.8, 4) is 0 Å². The number of hydrogen-bond acceptors (Lipinski definition) is 3. The lowest BCUT2D eigenvalue weighted by Gasteiger charge is -2.37. The summed E-state index contributed by atoms with van der Waals surface area (Å²) in [5.41, 5.74) is 0.960. The van der Waals surface area contributed by atoms with Crippen LogP contribution in [-0.4, -0.2) is 47.1 Å². The summed E-state index contributed by atoms with van der Waals surface area (Å²) in [6.07, 6.45) is 2.98. The van der Waals surface area contributed by atoms with Crippen molar-refractivity contribution in [2.75, 3.05) is 13.1 Å². The monoisotopic (exact) mass is 318 g/mol. The molecule has 23 heavy (non-hydrogen) atoms. The Hall–Kier alpha value is -1.88. The smallest absolute Gasteiger partial charge is 0.224 e. The van der Waals surface area contributed by atoms with Gasteiger partial charge in [0.2, 0.25) is 11.8 Å². The molecule has 0 bridgehead atoms. The van der Waals surface area contributed by atoms with Crippen LogP contribution in [0.1, 0.15) is 38.2 Å². The molecule has 126 valence electrons. The second-order valence-corrected chi connectivity index (χ2v) is 6.15. The van der Waals surface area contributed by atoms with Gasteiger partial charge in [0.1, 0.15) is 0 Å². The van der Waals surface area contributed by atoms with E-state index in [0.717, 1.165) is 24.8 Å². The Balaban J connectivity index is 1.74. The number of piperidine rings is 1. The molecule has 1 fully saturated rings. The van der Waals surface area contributed by atoms with Crippen LogP contribution in [0.2, 0.25) is 0 Å². The summed E-state index contributed by atoms with van der Waals surface area (Å²) in [5.74, 6) is -0.0645. The number of aliphatic hydroxyl groups is 1. The third kappa shape index (κ3) is 5.36. The molecule has 0 aromatic heterocycles. The first kappa shape index (κ1) is 17.5. The topological polar surface area (TPSA) is 69.6 Å². The lowest BCUT2D eigenvalue weighted by Crippen LogP contribution is -2.49. The first-order chi connectivity index (χ1) is 11.1. The number of carbonyl (C=O) groups excluding carboxylic acids is 2. The molecule has 0 saturated carbocycles. The zero-order chi connectivity index (χ0) is 16.7. The van der Waals surface area contributed by atoms with Crippen molar-refractivity contribution in [3.63, 3.8) is 0 Å². The molecule has 2 atom stereocenters. The van der Waals surface area contributed by atoms with E-state index in [4.69, 9.17) is 0 Å². The summed E-state index contributed by atoms with van der Waals surface area (Å²) in [7, 11) is 0. The molecule has 1 aliphatic rings. The van der Waals surface area contributed by atoms with Crippen molar-refractivity contribution < 1.29 is 14.7 Å². The summed E-state index contributed by atoms with van der Waals surface area (Å²) in [6, 6.07) is 9.45. The summed E-state index contributed by atoms with van der Waals surface area (Å²) in [4.78, 5) is 26.0. The van der Waals surface area contributed by atoms with Gasteiger partial charge in [0.15, 0.2) is 0 Å². The fourth-order valence-electron chi connectivity index (χ4n) is 3.06. The standard InChI is InChI=1S/C18H26N2O3/c1-14(21)16-9-5-6-12-20(16)18(23)10-11-19-17(22)13-15-7-3-2-4-8-15/h2-4,7-8,14,16,21H,5-6,9-13H2,1H3,(H,19,22). The van der Waals surface area contributed by atoms with Crippen molar-refractivity contribution in [1.29, 1.82) is 0 Å². The van der Waals surface area contributed by atoms with E-state index >= 15 is 0 Å². The maximum Gasteiger partial charge on any atom is 0.224 e. The number of nitrogens with one attached hydrogen (secondary N) is 1. The highest BCUT2D eigenvalue weighted by molar-refractivity contribution is 5.80. The van der Waals surface area contributed by atoms with Crippen LogP contribution in [0.4, 0.5) is 0 Å². The van der Waals surface area contributed by atoms with Gasteiger partial charge in [0.05, 0.1) is 18.6 Å². The fraction of sp³-hybridized carbons (Fsp3) is 0.556. The SMILES string of the molecule is CC(O)C1CCCCN1C(=O)CCNC(=O)Cc1ccccc1. The molecule has 2 unspecified atom stereocenters. The van der Waals surface area contributed by atoms with Gasteiger partial charge < -0.3 is 15.3 Å². The molecule has 1 heterocycles. The highest BCUT2D eigenvalue weighted by Crippen LogP contribution is 2.20. The van der Waals surface area contributed by atoms with Crippen LogP contribution in [0.3, 0.4) is 0 Å². The molecule has 2 amide bonds. The van der Waals surface area contributed by atoms with Crippen molar-refractivity contribution in [3.05, 3.63) is 35.9 Å². The van der Waals surface area contributed by atoms with Crippen LogP contribution in [0.15, 0.2) is 30.3 Å². The Morgan fingerprint density at radius 3 is 2.74 bits per heavy atom. The molecule has 0 aliphatic carbocycles. The van der Waals surface area contributed by atoms with Gasteiger partial charge in [-0.25, -0.2) is 0 Å². The maximum absolute atomic E-state index is 12.3. The normalized spacial score (nSPS) is 19.2. The predicted octanol–water partition coefficient (Wildman–Crippen LogP) is 1.50. The number of hydrogen-bond donors (Lipinski definition) is 2. The number of nitrogens with zero attached hydrogens (tertiary/aromatic N) is 1. The van der Waals surface area contributed by atoms with E-state index in [2.05, 4.69) is 5.32 Å². The van der Waals surface area contributed by atoms with Crippen molar-refractivity contribution in [2.45, 2.75) is 51.2 Å². The Labute approximate surface area is 137 Å². The highest BCUT2D eigenvalue weighted by Gasteiger charge is 2.29. The van der Waals surface area contributed by atoms with Crippen LogP contribution >= 0.6 is 0 Å². The average molecular weight is 318 g/mol. The Kier molecular flexibility index (Phi) is 6.59. The molecule has 1 aromatic carbocycles. The zero-order valence-electron chi connectivity index (χ0n) is 13.7. The quantitative estimate of drug-likeness (QED) is 0.835. The molecule has 1 aromatic rings. The lowest BCUT2D eigenvalue weighted by atomic mass is 9.98. The number of carbonyl (C=O) groups is 2. The number of rotatable bonds is 6. The van der Waals surface area contributed by atoms with Gasteiger partial charge in [-0.3, -0.25) is 9.59 Å². The van der Waals surface area contributed by atoms with Gasteiger partial charge in [0.25, 0.3) is 0 Å². The van der Waals surface area contributed by atoms with Crippen LogP contribution < -0.4 is 5.32 Å². The number of amides is 2.